The average molecular weight is 392 g/mol. The first-order valence-corrected chi connectivity index (χ1v) is 9.73. The van der Waals surface area contributed by atoms with E-state index in [0.717, 1.165) is 42.9 Å². The van der Waals surface area contributed by atoms with Crippen LogP contribution >= 0.6 is 0 Å². The number of piperidine rings is 1. The van der Waals surface area contributed by atoms with Crippen LogP contribution in [-0.4, -0.2) is 41.5 Å². The number of anilines is 1. The van der Waals surface area contributed by atoms with E-state index in [1.807, 2.05) is 37.3 Å². The Morgan fingerprint density at radius 1 is 1.17 bits per heavy atom. The van der Waals surface area contributed by atoms with Crippen LogP contribution in [0.25, 0.3) is 5.65 Å². The van der Waals surface area contributed by atoms with Crippen molar-refractivity contribution in [3.63, 3.8) is 0 Å². The Bertz CT molecular complexity index is 1100. The van der Waals surface area contributed by atoms with E-state index >= 15 is 0 Å². The lowest BCUT2D eigenvalue weighted by molar-refractivity contribution is 0.0929. The number of amides is 1. The van der Waals surface area contributed by atoms with Crippen LogP contribution in [0.4, 0.5) is 5.69 Å². The zero-order valence-corrected chi connectivity index (χ0v) is 16.6. The molecule has 0 unspecified atom stereocenters. The van der Waals surface area contributed by atoms with Crippen LogP contribution in [0, 0.1) is 6.92 Å². The minimum atomic E-state index is -0.367. The Morgan fingerprint density at radius 2 is 1.93 bits per heavy atom. The molecule has 2 aromatic heterocycles. The molecule has 0 bridgehead atoms. The summed E-state index contributed by atoms with van der Waals surface area (Å²) in [4.78, 5) is 31.9. The fourth-order valence-electron chi connectivity index (χ4n) is 3.76. The molecule has 1 amide bonds. The second-order valence-electron chi connectivity index (χ2n) is 7.32. The lowest BCUT2D eigenvalue weighted by Gasteiger charge is -2.34. The zero-order valence-electron chi connectivity index (χ0n) is 16.6. The normalized spacial score (nSPS) is 14.8. The molecule has 1 aliphatic heterocycles. The molecular weight excluding hydrogens is 368 g/mol. The van der Waals surface area contributed by atoms with E-state index in [4.69, 9.17) is 4.74 Å². The molecule has 0 atom stereocenters. The predicted molar refractivity (Wildman–Crippen MR) is 112 cm³/mol. The van der Waals surface area contributed by atoms with E-state index in [9.17, 15) is 9.59 Å². The fourth-order valence-corrected chi connectivity index (χ4v) is 3.76. The molecule has 1 aliphatic rings. The van der Waals surface area contributed by atoms with Gasteiger partial charge in [0.1, 0.15) is 17.0 Å². The van der Waals surface area contributed by atoms with Crippen molar-refractivity contribution in [1.82, 2.24) is 14.7 Å². The van der Waals surface area contributed by atoms with Crippen LogP contribution in [-0.2, 0) is 0 Å². The quantitative estimate of drug-likeness (QED) is 0.738. The number of pyridine rings is 1. The number of benzene rings is 1. The summed E-state index contributed by atoms with van der Waals surface area (Å²) in [6.45, 7) is 3.51. The number of carbonyl (C=O) groups excluding carboxylic acids is 1. The minimum Gasteiger partial charge on any atom is -0.495 e. The van der Waals surface area contributed by atoms with E-state index in [0.29, 0.717) is 5.65 Å². The molecule has 1 N–H and O–H groups in total. The van der Waals surface area contributed by atoms with Crippen LogP contribution in [0.1, 0.15) is 28.8 Å². The highest BCUT2D eigenvalue weighted by atomic mass is 16.5. The number of ether oxygens (including phenoxy) is 1. The summed E-state index contributed by atoms with van der Waals surface area (Å²) < 4.78 is 6.87. The number of para-hydroxylation sites is 2. The number of hydrogen-bond donors (Lipinski definition) is 1. The van der Waals surface area contributed by atoms with Crippen LogP contribution in [0.5, 0.6) is 5.75 Å². The summed E-state index contributed by atoms with van der Waals surface area (Å²) >= 11 is 0. The van der Waals surface area contributed by atoms with Gasteiger partial charge in [0.25, 0.3) is 11.5 Å². The SMILES string of the molecule is COc1ccccc1N1CCC(NC(=O)c2cnc3ccc(C)cn3c2=O)CC1. The number of methoxy groups -OCH3 is 1. The third-order valence-electron chi connectivity index (χ3n) is 5.35. The average Bonchev–Trinajstić information content (AvgIpc) is 2.75. The van der Waals surface area contributed by atoms with Gasteiger partial charge in [-0.25, -0.2) is 4.98 Å². The van der Waals surface area contributed by atoms with Gasteiger partial charge in [-0.15, -0.1) is 0 Å². The first-order valence-electron chi connectivity index (χ1n) is 9.73. The van der Waals surface area contributed by atoms with Gasteiger partial charge in [0.15, 0.2) is 0 Å². The van der Waals surface area contributed by atoms with Crippen molar-refractivity contribution in [2.75, 3.05) is 25.1 Å². The number of aryl methyl sites for hydroxylation is 1. The second kappa shape index (κ2) is 7.95. The number of fused-ring (bicyclic) bond motifs is 1. The van der Waals surface area contributed by atoms with Gasteiger partial charge in [-0.1, -0.05) is 18.2 Å². The third-order valence-corrected chi connectivity index (χ3v) is 5.35. The third kappa shape index (κ3) is 3.81. The molecule has 150 valence electrons. The highest BCUT2D eigenvalue weighted by Gasteiger charge is 2.24. The topological polar surface area (TPSA) is 75.9 Å². The summed E-state index contributed by atoms with van der Waals surface area (Å²) in [5.41, 5.74) is 2.25. The lowest BCUT2D eigenvalue weighted by atomic mass is 10.0. The number of hydrogen-bond acceptors (Lipinski definition) is 5. The first-order chi connectivity index (χ1) is 14.1. The Hall–Kier alpha value is -3.35. The molecular formula is C22H24N4O3. The van der Waals surface area contributed by atoms with Crippen molar-refractivity contribution >= 4 is 17.2 Å². The fraction of sp³-hybridized carbons (Fsp3) is 0.318. The summed E-state index contributed by atoms with van der Waals surface area (Å²) in [6.07, 6.45) is 4.66. The number of nitrogens with one attached hydrogen (secondary N) is 1. The molecule has 1 fully saturated rings. The van der Waals surface area contributed by atoms with Crippen LogP contribution in [0.2, 0.25) is 0 Å². The van der Waals surface area contributed by atoms with Gasteiger partial charge in [0.05, 0.1) is 12.8 Å². The summed E-state index contributed by atoms with van der Waals surface area (Å²) in [5, 5.41) is 3.01. The van der Waals surface area contributed by atoms with Crippen LogP contribution in [0.3, 0.4) is 0 Å². The molecule has 1 saturated heterocycles. The van der Waals surface area contributed by atoms with E-state index in [2.05, 4.69) is 15.2 Å². The van der Waals surface area contributed by atoms with Crippen molar-refractivity contribution in [3.05, 3.63) is 70.3 Å². The molecule has 7 heteroatoms. The van der Waals surface area contributed by atoms with Gasteiger partial charge >= 0.3 is 0 Å². The largest absolute Gasteiger partial charge is 0.495 e. The van der Waals surface area contributed by atoms with E-state index in [-0.39, 0.29) is 23.1 Å². The molecule has 0 aliphatic carbocycles. The van der Waals surface area contributed by atoms with Crippen molar-refractivity contribution in [3.8, 4) is 5.75 Å². The predicted octanol–water partition coefficient (Wildman–Crippen LogP) is 2.41. The Balaban J connectivity index is 1.45. The number of aromatic nitrogens is 2. The molecule has 3 heterocycles. The summed E-state index contributed by atoms with van der Waals surface area (Å²) in [6, 6.07) is 11.6. The molecule has 3 aromatic rings. The minimum absolute atomic E-state index is 0.0195. The Kier molecular flexibility index (Phi) is 5.20. The maximum absolute atomic E-state index is 12.7. The van der Waals surface area contributed by atoms with Crippen molar-refractivity contribution in [1.29, 1.82) is 0 Å². The molecule has 1 aromatic carbocycles. The number of carbonyl (C=O) groups is 1. The maximum Gasteiger partial charge on any atom is 0.270 e. The van der Waals surface area contributed by atoms with Gasteiger partial charge in [-0.05, 0) is 43.5 Å². The Labute approximate surface area is 168 Å². The zero-order chi connectivity index (χ0) is 20.4. The Morgan fingerprint density at radius 3 is 2.69 bits per heavy atom. The highest BCUT2D eigenvalue weighted by Crippen LogP contribution is 2.29. The van der Waals surface area contributed by atoms with Gasteiger partial charge in [0.2, 0.25) is 0 Å². The molecule has 0 radical (unpaired) electrons. The maximum atomic E-state index is 12.7. The van der Waals surface area contributed by atoms with E-state index < -0.39 is 0 Å². The van der Waals surface area contributed by atoms with E-state index in [1.165, 1.54) is 10.6 Å². The van der Waals surface area contributed by atoms with Crippen molar-refractivity contribution in [2.45, 2.75) is 25.8 Å². The molecule has 4 rings (SSSR count). The summed E-state index contributed by atoms with van der Waals surface area (Å²) in [7, 11) is 1.67. The van der Waals surface area contributed by atoms with Gasteiger partial charge in [-0.2, -0.15) is 0 Å². The smallest absolute Gasteiger partial charge is 0.270 e. The van der Waals surface area contributed by atoms with Crippen molar-refractivity contribution < 1.29 is 9.53 Å². The molecule has 29 heavy (non-hydrogen) atoms. The van der Waals surface area contributed by atoms with Crippen molar-refractivity contribution in [2.24, 2.45) is 0 Å². The first kappa shape index (κ1) is 19.0. The monoisotopic (exact) mass is 392 g/mol. The number of rotatable bonds is 4. The summed E-state index contributed by atoms with van der Waals surface area (Å²) in [5.74, 6) is 0.481. The van der Waals surface area contributed by atoms with Gasteiger partial charge in [0, 0.05) is 31.5 Å². The lowest BCUT2D eigenvalue weighted by Crippen LogP contribution is -2.46. The number of nitrogens with zero attached hydrogens (tertiary/aromatic N) is 3. The van der Waals surface area contributed by atoms with Gasteiger partial charge < -0.3 is 15.0 Å². The van der Waals surface area contributed by atoms with Crippen LogP contribution < -0.4 is 20.5 Å². The molecule has 7 nitrogen and oxygen atoms in total. The van der Waals surface area contributed by atoms with Crippen LogP contribution in [0.15, 0.2) is 53.6 Å². The standard InChI is InChI=1S/C22H24N4O3/c1-15-7-8-20-23-13-17(22(28)26(20)14-15)21(27)24-16-9-11-25(12-10-16)18-5-3-4-6-19(18)29-2/h3-8,13-14,16H,9-12H2,1-2H3,(H,24,27). The molecule has 0 spiro atoms. The highest BCUT2D eigenvalue weighted by molar-refractivity contribution is 5.94. The molecule has 0 saturated carbocycles. The second-order valence-corrected chi connectivity index (χ2v) is 7.32. The van der Waals surface area contributed by atoms with Gasteiger partial charge in [-0.3, -0.25) is 14.0 Å². The van der Waals surface area contributed by atoms with E-state index in [1.54, 1.807) is 19.4 Å².